The number of allylic oxidation sites excluding steroid dienone is 1. The molecule has 2 aromatic carbocycles. The molecule has 0 aliphatic carbocycles. The van der Waals surface area contributed by atoms with E-state index in [4.69, 9.17) is 5.73 Å². The van der Waals surface area contributed by atoms with Gasteiger partial charge in [-0.15, -0.1) is 0 Å². The zero-order valence-corrected chi connectivity index (χ0v) is 18.0. The van der Waals surface area contributed by atoms with E-state index in [1.165, 1.54) is 6.07 Å². The highest BCUT2D eigenvalue weighted by Gasteiger charge is 2.11. The SMILES string of the molecule is C/C=C\c1cc(O)cc(NNC(CC)CNc2ccc(F)c3cc[nH]c23)c1N.CC. The summed E-state index contributed by atoms with van der Waals surface area (Å²) in [6.07, 6.45) is 6.28. The maximum absolute atomic E-state index is 13.8. The third-order valence-electron chi connectivity index (χ3n) is 4.66. The highest BCUT2D eigenvalue weighted by Crippen LogP contribution is 2.29. The van der Waals surface area contributed by atoms with E-state index in [0.29, 0.717) is 23.3 Å². The Morgan fingerprint density at radius 1 is 1.20 bits per heavy atom. The molecule has 0 saturated carbocycles. The molecule has 162 valence electrons. The summed E-state index contributed by atoms with van der Waals surface area (Å²) in [4.78, 5) is 3.07. The molecule has 3 aromatic rings. The second kappa shape index (κ2) is 11.1. The van der Waals surface area contributed by atoms with E-state index in [-0.39, 0.29) is 17.6 Å². The summed E-state index contributed by atoms with van der Waals surface area (Å²) in [6, 6.07) is 8.18. The van der Waals surface area contributed by atoms with E-state index in [2.05, 4.69) is 28.1 Å². The van der Waals surface area contributed by atoms with E-state index in [9.17, 15) is 9.50 Å². The molecule has 6 nitrogen and oxygen atoms in total. The number of hydrogen-bond acceptors (Lipinski definition) is 5. The average molecular weight is 414 g/mol. The second-order valence-electron chi connectivity index (χ2n) is 6.61. The van der Waals surface area contributed by atoms with E-state index in [0.717, 1.165) is 23.2 Å². The first-order valence-corrected chi connectivity index (χ1v) is 10.3. The van der Waals surface area contributed by atoms with Crippen molar-refractivity contribution in [1.29, 1.82) is 0 Å². The van der Waals surface area contributed by atoms with Crippen LogP contribution in [-0.4, -0.2) is 22.7 Å². The number of phenolic OH excluding ortho intramolecular Hbond substituents is 1. The number of phenols is 1. The average Bonchev–Trinajstić information content (AvgIpc) is 3.25. The molecule has 7 N–H and O–H groups in total. The Bertz CT molecular complexity index is 983. The van der Waals surface area contributed by atoms with Gasteiger partial charge in [0, 0.05) is 35.8 Å². The van der Waals surface area contributed by atoms with E-state index in [1.807, 2.05) is 32.9 Å². The normalized spacial score (nSPS) is 11.9. The predicted molar refractivity (Wildman–Crippen MR) is 126 cm³/mol. The van der Waals surface area contributed by atoms with Crippen LogP contribution in [0.15, 0.2) is 42.6 Å². The van der Waals surface area contributed by atoms with Gasteiger partial charge in [-0.25, -0.2) is 9.82 Å². The third kappa shape index (κ3) is 5.45. The molecule has 0 radical (unpaired) electrons. The van der Waals surface area contributed by atoms with Gasteiger partial charge in [-0.3, -0.25) is 0 Å². The summed E-state index contributed by atoms with van der Waals surface area (Å²) >= 11 is 0. The number of benzene rings is 2. The molecule has 0 amide bonds. The summed E-state index contributed by atoms with van der Waals surface area (Å²) in [5.41, 5.74) is 16.0. The lowest BCUT2D eigenvalue weighted by molar-refractivity contribution is 0.475. The minimum Gasteiger partial charge on any atom is -0.508 e. The number of H-pyrrole nitrogens is 1. The smallest absolute Gasteiger partial charge is 0.132 e. The first-order chi connectivity index (χ1) is 14.5. The first kappa shape index (κ1) is 23.1. The zero-order chi connectivity index (χ0) is 22.1. The molecular formula is C23H32FN5O. The number of aromatic nitrogens is 1. The highest BCUT2D eigenvalue weighted by atomic mass is 19.1. The van der Waals surface area contributed by atoms with Crippen molar-refractivity contribution >= 4 is 34.0 Å². The van der Waals surface area contributed by atoms with Crippen LogP contribution in [0.2, 0.25) is 0 Å². The van der Waals surface area contributed by atoms with Gasteiger partial charge in [-0.2, -0.15) is 0 Å². The summed E-state index contributed by atoms with van der Waals surface area (Å²) in [5, 5.41) is 13.8. The van der Waals surface area contributed by atoms with E-state index < -0.39 is 0 Å². The molecule has 1 unspecified atom stereocenters. The molecule has 1 heterocycles. The Kier molecular flexibility index (Phi) is 8.55. The number of anilines is 3. The van der Waals surface area contributed by atoms with Crippen molar-refractivity contribution in [3.05, 3.63) is 54.0 Å². The Morgan fingerprint density at radius 2 is 1.97 bits per heavy atom. The lowest BCUT2D eigenvalue weighted by atomic mass is 10.1. The fraction of sp³-hybridized carbons (Fsp3) is 0.304. The summed E-state index contributed by atoms with van der Waals surface area (Å²) < 4.78 is 13.8. The van der Waals surface area contributed by atoms with Crippen LogP contribution in [0.5, 0.6) is 5.75 Å². The molecule has 0 spiro atoms. The molecule has 0 fully saturated rings. The summed E-state index contributed by atoms with van der Waals surface area (Å²) in [7, 11) is 0. The highest BCUT2D eigenvalue weighted by molar-refractivity contribution is 5.91. The van der Waals surface area contributed by atoms with Crippen LogP contribution >= 0.6 is 0 Å². The molecule has 0 bridgehead atoms. The van der Waals surface area contributed by atoms with Gasteiger partial charge in [0.1, 0.15) is 11.6 Å². The summed E-state index contributed by atoms with van der Waals surface area (Å²) in [6.45, 7) is 8.57. The van der Waals surface area contributed by atoms with Crippen LogP contribution < -0.4 is 21.9 Å². The molecule has 0 saturated heterocycles. The van der Waals surface area contributed by atoms with Crippen molar-refractivity contribution in [2.45, 2.75) is 40.2 Å². The number of halogens is 1. The number of nitrogens with two attached hydrogens (primary N) is 1. The zero-order valence-electron chi connectivity index (χ0n) is 18.0. The number of fused-ring (bicyclic) bond motifs is 1. The summed E-state index contributed by atoms with van der Waals surface area (Å²) in [5.74, 6) is -0.108. The van der Waals surface area contributed by atoms with Crippen molar-refractivity contribution in [2.75, 3.05) is 23.0 Å². The van der Waals surface area contributed by atoms with Crippen LogP contribution in [0, 0.1) is 5.82 Å². The predicted octanol–water partition coefficient (Wildman–Crippen LogP) is 5.46. The number of hydrazine groups is 1. The first-order valence-electron chi connectivity index (χ1n) is 10.3. The van der Waals surface area contributed by atoms with Crippen LogP contribution in [-0.2, 0) is 0 Å². The van der Waals surface area contributed by atoms with Crippen LogP contribution in [0.25, 0.3) is 17.0 Å². The molecule has 0 aliphatic rings. The maximum atomic E-state index is 13.8. The fourth-order valence-corrected chi connectivity index (χ4v) is 3.06. The molecule has 1 aromatic heterocycles. The molecule has 7 heteroatoms. The molecule has 30 heavy (non-hydrogen) atoms. The molecular weight excluding hydrogens is 381 g/mol. The monoisotopic (exact) mass is 413 g/mol. The Morgan fingerprint density at radius 3 is 2.67 bits per heavy atom. The lowest BCUT2D eigenvalue weighted by Gasteiger charge is -2.21. The minimum atomic E-state index is -0.245. The van der Waals surface area contributed by atoms with Gasteiger partial charge in [0.2, 0.25) is 0 Å². The molecule has 3 rings (SSSR count). The van der Waals surface area contributed by atoms with Crippen molar-refractivity contribution < 1.29 is 9.50 Å². The van der Waals surface area contributed by atoms with Gasteiger partial charge in [0.05, 0.1) is 22.6 Å². The van der Waals surface area contributed by atoms with Crippen molar-refractivity contribution in [1.82, 2.24) is 10.4 Å². The fourth-order valence-electron chi connectivity index (χ4n) is 3.06. The van der Waals surface area contributed by atoms with Gasteiger partial charge in [0.15, 0.2) is 0 Å². The maximum Gasteiger partial charge on any atom is 0.132 e. The number of hydrogen-bond donors (Lipinski definition) is 6. The van der Waals surface area contributed by atoms with Crippen LogP contribution in [0.1, 0.15) is 39.7 Å². The second-order valence-corrected chi connectivity index (χ2v) is 6.61. The van der Waals surface area contributed by atoms with Crippen molar-refractivity contribution in [3.8, 4) is 5.75 Å². The van der Waals surface area contributed by atoms with E-state index in [1.54, 1.807) is 30.5 Å². The lowest BCUT2D eigenvalue weighted by Crippen LogP contribution is -2.39. The standard InChI is InChI=1S/C21H26FN5O.C2H6/c1-3-5-13-10-15(28)11-19(20(13)23)27-26-14(4-2)12-25-18-7-6-17(22)16-8-9-24-21(16)18;1-2/h3,5-11,14,24-28H,4,12,23H2,1-2H3;1-2H3/b5-3-;. The van der Waals surface area contributed by atoms with Crippen LogP contribution in [0.4, 0.5) is 21.5 Å². The Labute approximate surface area is 177 Å². The Hall–Kier alpha value is -3.19. The topological polar surface area (TPSA) is 98.1 Å². The number of aromatic amines is 1. The van der Waals surface area contributed by atoms with Gasteiger partial charge >= 0.3 is 0 Å². The van der Waals surface area contributed by atoms with Crippen LogP contribution in [0.3, 0.4) is 0 Å². The van der Waals surface area contributed by atoms with Gasteiger partial charge in [-0.1, -0.05) is 32.9 Å². The number of rotatable bonds is 8. The van der Waals surface area contributed by atoms with Gasteiger partial charge in [-0.05, 0) is 37.6 Å². The largest absolute Gasteiger partial charge is 0.508 e. The molecule has 1 atom stereocenters. The van der Waals surface area contributed by atoms with Crippen molar-refractivity contribution in [3.63, 3.8) is 0 Å². The van der Waals surface area contributed by atoms with Crippen molar-refractivity contribution in [2.24, 2.45) is 0 Å². The van der Waals surface area contributed by atoms with E-state index >= 15 is 0 Å². The van der Waals surface area contributed by atoms with Gasteiger partial charge in [0.25, 0.3) is 0 Å². The third-order valence-corrected chi connectivity index (χ3v) is 4.66. The minimum absolute atomic E-state index is 0.0713. The Balaban J connectivity index is 0.00000155. The van der Waals surface area contributed by atoms with Gasteiger partial charge < -0.3 is 26.6 Å². The number of aromatic hydroxyl groups is 1. The molecule has 0 aliphatic heterocycles. The quantitative estimate of drug-likeness (QED) is 0.167. The number of nitrogen functional groups attached to an aromatic ring is 1. The number of nitrogens with one attached hydrogen (secondary N) is 4.